The Balaban J connectivity index is 1.43. The molecule has 0 saturated heterocycles. The van der Waals surface area contributed by atoms with Gasteiger partial charge < -0.3 is 24.4 Å². The number of methoxy groups -OCH3 is 2. The summed E-state index contributed by atoms with van der Waals surface area (Å²) in [5.74, 6) is -2.59. The Labute approximate surface area is 249 Å². The first-order valence-corrected chi connectivity index (χ1v) is 14.9. The third kappa shape index (κ3) is 7.05. The molecule has 4 aromatic rings. The number of ketones is 2. The number of nitrogens with zero attached hydrogens (tertiary/aromatic N) is 1. The van der Waals surface area contributed by atoms with Gasteiger partial charge in [-0.05, 0) is 48.1 Å². The number of hydrogen-bond donors (Lipinski definition) is 2. The number of carbonyl (C=O) groups is 4. The number of fused-ring (bicyclic) bond motifs is 2. The molecule has 42 heavy (non-hydrogen) atoms. The summed E-state index contributed by atoms with van der Waals surface area (Å²) < 4.78 is 18.6. The van der Waals surface area contributed by atoms with Gasteiger partial charge in [-0.15, -0.1) is 22.7 Å². The number of ether oxygens (including phenoxy) is 3. The Morgan fingerprint density at radius 2 is 1.38 bits per heavy atom. The molecule has 2 atom stereocenters. The molecule has 0 aliphatic heterocycles. The molecular formula is C30H31NO9S2. The summed E-state index contributed by atoms with van der Waals surface area (Å²) >= 11 is 2.55. The second-order valence-electron chi connectivity index (χ2n) is 9.99. The summed E-state index contributed by atoms with van der Waals surface area (Å²) in [7, 11) is 3.09. The maximum Gasteiger partial charge on any atom is 0.306 e. The van der Waals surface area contributed by atoms with Gasteiger partial charge in [0.2, 0.25) is 0 Å². The second kappa shape index (κ2) is 13.3. The number of aliphatic carboxylic acids is 2. The van der Waals surface area contributed by atoms with Gasteiger partial charge >= 0.3 is 11.9 Å². The fraction of sp³-hybridized carbons (Fsp3) is 0.367. The molecule has 0 aliphatic rings. The Hall–Kier alpha value is -4.03. The van der Waals surface area contributed by atoms with Crippen molar-refractivity contribution in [1.29, 1.82) is 0 Å². The summed E-state index contributed by atoms with van der Waals surface area (Å²) in [6.07, 6.45) is 1.10. The van der Waals surface area contributed by atoms with Crippen LogP contribution in [-0.4, -0.2) is 59.5 Å². The van der Waals surface area contributed by atoms with Crippen LogP contribution in [0.5, 0.6) is 17.4 Å². The van der Waals surface area contributed by atoms with Gasteiger partial charge in [-0.3, -0.25) is 19.2 Å². The number of carbonyl (C=O) groups excluding carboxylic acids is 2. The average molecular weight is 614 g/mol. The summed E-state index contributed by atoms with van der Waals surface area (Å²) in [5.41, 5.74) is 1.51. The van der Waals surface area contributed by atoms with Crippen LogP contribution in [0.4, 0.5) is 0 Å². The van der Waals surface area contributed by atoms with E-state index in [0.717, 1.165) is 20.3 Å². The van der Waals surface area contributed by atoms with E-state index in [1.807, 2.05) is 12.1 Å². The lowest BCUT2D eigenvalue weighted by atomic mass is 10.0. The van der Waals surface area contributed by atoms with Crippen LogP contribution < -0.4 is 14.2 Å². The van der Waals surface area contributed by atoms with E-state index >= 15 is 0 Å². The molecule has 0 fully saturated rings. The van der Waals surface area contributed by atoms with Crippen molar-refractivity contribution in [3.8, 4) is 17.4 Å². The predicted octanol–water partition coefficient (Wildman–Crippen LogP) is 6.13. The van der Waals surface area contributed by atoms with Crippen molar-refractivity contribution in [2.75, 3.05) is 20.8 Å². The standard InChI is InChI=1S/C30H31NO9S2/c1-15(29(34)35)8-20(32)26-11-18-10-17(22(38-3)13-24(18)41-26)6-5-7-40-28-23(39-4)14-25-19(31-28)12-27(42-25)21(33)9-16(2)30(36)37/h10-16H,5-9H2,1-4H3,(H,34,35)(H,36,37)/t15-,16-/m0/s1. The first-order valence-electron chi connectivity index (χ1n) is 13.2. The van der Waals surface area contributed by atoms with Crippen LogP contribution in [0.15, 0.2) is 30.3 Å². The van der Waals surface area contributed by atoms with E-state index < -0.39 is 23.8 Å². The number of aromatic nitrogens is 1. The summed E-state index contributed by atoms with van der Waals surface area (Å²) in [5, 5.41) is 19.1. The van der Waals surface area contributed by atoms with Crippen LogP contribution in [0.3, 0.4) is 0 Å². The predicted molar refractivity (Wildman–Crippen MR) is 160 cm³/mol. The van der Waals surface area contributed by atoms with Crippen molar-refractivity contribution in [2.45, 2.75) is 39.5 Å². The first kappa shape index (κ1) is 30.9. The molecule has 222 valence electrons. The zero-order valence-electron chi connectivity index (χ0n) is 23.6. The van der Waals surface area contributed by atoms with E-state index in [0.29, 0.717) is 52.1 Å². The number of hydrogen-bond acceptors (Lipinski definition) is 10. The molecule has 0 spiro atoms. The Morgan fingerprint density at radius 3 is 1.98 bits per heavy atom. The molecule has 12 heteroatoms. The monoisotopic (exact) mass is 613 g/mol. The summed E-state index contributed by atoms with van der Waals surface area (Å²) in [4.78, 5) is 52.9. The van der Waals surface area contributed by atoms with Crippen molar-refractivity contribution in [3.63, 3.8) is 0 Å². The number of carboxylic acid groups (broad SMARTS) is 2. The lowest BCUT2D eigenvalue weighted by molar-refractivity contribution is -0.141. The van der Waals surface area contributed by atoms with Crippen LogP contribution in [0.25, 0.3) is 20.3 Å². The second-order valence-corrected chi connectivity index (χ2v) is 12.2. The smallest absolute Gasteiger partial charge is 0.306 e. The highest BCUT2D eigenvalue weighted by Crippen LogP contribution is 2.36. The molecule has 4 rings (SSSR count). The van der Waals surface area contributed by atoms with E-state index in [1.165, 1.54) is 43.6 Å². The van der Waals surface area contributed by atoms with Crippen molar-refractivity contribution in [3.05, 3.63) is 45.6 Å². The van der Waals surface area contributed by atoms with Crippen LogP contribution in [0, 0.1) is 11.8 Å². The zero-order chi connectivity index (χ0) is 30.6. The van der Waals surface area contributed by atoms with Gasteiger partial charge in [-0.1, -0.05) is 13.8 Å². The SMILES string of the molecule is COc1cc2sc(C(=O)C[C@H](C)C(=O)O)cc2cc1CCCOc1nc2cc(C(=O)C[C@H](C)C(=O)O)sc2cc1OC. The van der Waals surface area contributed by atoms with Gasteiger partial charge in [0.15, 0.2) is 17.3 Å². The topological polar surface area (TPSA) is 149 Å². The highest BCUT2D eigenvalue weighted by molar-refractivity contribution is 7.21. The quantitative estimate of drug-likeness (QED) is 0.118. The van der Waals surface area contributed by atoms with Crippen LogP contribution in [0.2, 0.25) is 0 Å². The fourth-order valence-electron chi connectivity index (χ4n) is 4.32. The molecule has 10 nitrogen and oxygen atoms in total. The molecule has 3 aromatic heterocycles. The Bertz CT molecular complexity index is 1530. The lowest BCUT2D eigenvalue weighted by Crippen LogP contribution is -2.13. The molecule has 0 amide bonds. The molecule has 3 heterocycles. The van der Waals surface area contributed by atoms with Gasteiger partial charge in [0.05, 0.1) is 52.6 Å². The third-order valence-corrected chi connectivity index (χ3v) is 9.03. The largest absolute Gasteiger partial charge is 0.496 e. The molecule has 1 aromatic carbocycles. The van der Waals surface area contributed by atoms with Crippen LogP contribution in [-0.2, 0) is 16.0 Å². The molecule has 0 unspecified atom stereocenters. The first-order chi connectivity index (χ1) is 20.0. The highest BCUT2D eigenvalue weighted by Gasteiger charge is 2.21. The van der Waals surface area contributed by atoms with E-state index in [2.05, 4.69) is 4.98 Å². The molecule has 0 aliphatic carbocycles. The number of rotatable bonds is 15. The number of pyridine rings is 1. The van der Waals surface area contributed by atoms with E-state index in [1.54, 1.807) is 25.3 Å². The maximum atomic E-state index is 12.6. The van der Waals surface area contributed by atoms with Crippen molar-refractivity contribution >= 4 is 66.5 Å². The van der Waals surface area contributed by atoms with E-state index in [4.69, 9.17) is 24.4 Å². The van der Waals surface area contributed by atoms with Crippen LogP contribution >= 0.6 is 22.7 Å². The van der Waals surface area contributed by atoms with Gasteiger partial charge in [-0.2, -0.15) is 0 Å². The number of benzene rings is 1. The normalized spacial score (nSPS) is 12.7. The Morgan fingerprint density at radius 1 is 0.810 bits per heavy atom. The maximum absolute atomic E-state index is 12.6. The van der Waals surface area contributed by atoms with Crippen LogP contribution in [0.1, 0.15) is 58.0 Å². The van der Waals surface area contributed by atoms with Crippen molar-refractivity contribution in [2.24, 2.45) is 11.8 Å². The minimum absolute atomic E-state index is 0.0558. The average Bonchev–Trinajstić information content (AvgIpc) is 3.57. The lowest BCUT2D eigenvalue weighted by Gasteiger charge is -2.11. The molecular weight excluding hydrogens is 582 g/mol. The number of Topliss-reactive ketones (excluding diaryl/α,β-unsaturated/α-hetero) is 2. The highest BCUT2D eigenvalue weighted by atomic mass is 32.1. The number of aryl methyl sites for hydroxylation is 1. The van der Waals surface area contributed by atoms with Gasteiger partial charge in [0.1, 0.15) is 5.75 Å². The Kier molecular flexibility index (Phi) is 9.79. The molecule has 0 bridgehead atoms. The fourth-order valence-corrected chi connectivity index (χ4v) is 6.32. The van der Waals surface area contributed by atoms with Gasteiger partial charge in [-0.25, -0.2) is 4.98 Å². The third-order valence-electron chi connectivity index (χ3n) is 6.78. The number of thiophene rings is 2. The molecule has 2 N–H and O–H groups in total. The number of carboxylic acids is 2. The zero-order valence-corrected chi connectivity index (χ0v) is 25.2. The van der Waals surface area contributed by atoms with Crippen molar-refractivity contribution in [1.82, 2.24) is 4.98 Å². The summed E-state index contributed by atoms with van der Waals surface area (Å²) in [6, 6.07) is 9.05. The van der Waals surface area contributed by atoms with Gasteiger partial charge in [0.25, 0.3) is 5.88 Å². The minimum atomic E-state index is -1.02. The van der Waals surface area contributed by atoms with Gasteiger partial charge in [0, 0.05) is 23.6 Å². The summed E-state index contributed by atoms with van der Waals surface area (Å²) in [6.45, 7) is 3.34. The molecule has 0 radical (unpaired) electrons. The minimum Gasteiger partial charge on any atom is -0.496 e. The molecule has 0 saturated carbocycles. The van der Waals surface area contributed by atoms with E-state index in [-0.39, 0.29) is 24.4 Å². The van der Waals surface area contributed by atoms with E-state index in [9.17, 15) is 19.2 Å². The van der Waals surface area contributed by atoms with Crippen molar-refractivity contribution < 1.29 is 43.6 Å².